The summed E-state index contributed by atoms with van der Waals surface area (Å²) in [6, 6.07) is 5.19. The van der Waals surface area contributed by atoms with Crippen LogP contribution in [0.15, 0.2) is 22.7 Å². The number of hydrogen-bond acceptors (Lipinski definition) is 5. The highest BCUT2D eigenvalue weighted by molar-refractivity contribution is 7.98. The molecule has 2 aromatic rings. The first kappa shape index (κ1) is 13.2. The first-order valence-electron chi connectivity index (χ1n) is 5.66. The maximum Gasteiger partial charge on any atom is 0.260 e. The Bertz CT molecular complexity index is 530. The molecule has 0 spiro atoms. The number of thioether (sulfide) groups is 1. The fraction of sp³-hybridized carbons (Fsp3) is 0.333. The van der Waals surface area contributed by atoms with E-state index in [0.717, 1.165) is 17.9 Å². The number of benzene rings is 1. The quantitative estimate of drug-likeness (QED) is 0.671. The fourth-order valence-electron chi connectivity index (χ4n) is 1.44. The van der Waals surface area contributed by atoms with E-state index in [2.05, 4.69) is 17.1 Å². The van der Waals surface area contributed by atoms with Crippen LogP contribution in [0.5, 0.6) is 0 Å². The molecule has 0 atom stereocenters. The van der Waals surface area contributed by atoms with Crippen LogP contribution in [0, 0.1) is 0 Å². The van der Waals surface area contributed by atoms with Gasteiger partial charge in [-0.05, 0) is 30.4 Å². The largest absolute Gasteiger partial charge is 0.398 e. The van der Waals surface area contributed by atoms with Gasteiger partial charge in [-0.25, -0.2) is 0 Å². The van der Waals surface area contributed by atoms with E-state index < -0.39 is 0 Å². The molecule has 0 saturated heterocycles. The van der Waals surface area contributed by atoms with Crippen molar-refractivity contribution in [3.05, 3.63) is 29.0 Å². The number of hydrogen-bond donors (Lipinski definition) is 1. The van der Waals surface area contributed by atoms with Gasteiger partial charge in [0.25, 0.3) is 5.89 Å². The van der Waals surface area contributed by atoms with E-state index in [1.807, 2.05) is 0 Å². The summed E-state index contributed by atoms with van der Waals surface area (Å²) in [6.45, 7) is 2.14. The van der Waals surface area contributed by atoms with E-state index >= 15 is 0 Å². The van der Waals surface area contributed by atoms with Crippen molar-refractivity contribution in [1.82, 2.24) is 10.1 Å². The van der Waals surface area contributed by atoms with Gasteiger partial charge >= 0.3 is 0 Å². The van der Waals surface area contributed by atoms with E-state index in [9.17, 15) is 0 Å². The van der Waals surface area contributed by atoms with Gasteiger partial charge in [-0.1, -0.05) is 23.7 Å². The molecule has 0 aliphatic rings. The van der Waals surface area contributed by atoms with Gasteiger partial charge in [-0.15, -0.1) is 0 Å². The van der Waals surface area contributed by atoms with Crippen LogP contribution in [0.3, 0.4) is 0 Å². The van der Waals surface area contributed by atoms with Crippen molar-refractivity contribution in [2.45, 2.75) is 19.1 Å². The predicted octanol–water partition coefficient (Wildman–Crippen LogP) is 3.62. The zero-order valence-corrected chi connectivity index (χ0v) is 11.6. The molecular formula is C12H14ClN3OS. The second-order valence-corrected chi connectivity index (χ2v) is 5.34. The number of nitrogens with zero attached hydrogens (tertiary/aromatic N) is 2. The molecule has 2 N–H and O–H groups in total. The summed E-state index contributed by atoms with van der Waals surface area (Å²) in [6.07, 6.45) is 1.14. The number of halogens is 1. The third-order valence-electron chi connectivity index (χ3n) is 2.29. The zero-order valence-electron chi connectivity index (χ0n) is 10.0. The van der Waals surface area contributed by atoms with E-state index in [-0.39, 0.29) is 0 Å². The Balaban J connectivity index is 2.16. The summed E-state index contributed by atoms with van der Waals surface area (Å²) in [5, 5.41) is 4.53. The Morgan fingerprint density at radius 1 is 1.44 bits per heavy atom. The van der Waals surface area contributed by atoms with E-state index in [1.165, 1.54) is 0 Å². The average Bonchev–Trinajstić information content (AvgIpc) is 2.81. The minimum Gasteiger partial charge on any atom is -0.398 e. The van der Waals surface area contributed by atoms with Crippen LogP contribution in [0.2, 0.25) is 5.02 Å². The molecule has 1 aromatic carbocycles. The van der Waals surface area contributed by atoms with Crippen LogP contribution in [-0.2, 0) is 5.75 Å². The van der Waals surface area contributed by atoms with Crippen molar-refractivity contribution in [2.75, 3.05) is 11.5 Å². The fourth-order valence-corrected chi connectivity index (χ4v) is 2.35. The highest BCUT2D eigenvalue weighted by Crippen LogP contribution is 2.27. The second kappa shape index (κ2) is 6.11. The summed E-state index contributed by atoms with van der Waals surface area (Å²) >= 11 is 7.71. The molecule has 0 fully saturated rings. The summed E-state index contributed by atoms with van der Waals surface area (Å²) in [5.74, 6) is 2.94. The van der Waals surface area contributed by atoms with Crippen molar-refractivity contribution in [3.8, 4) is 11.5 Å². The van der Waals surface area contributed by atoms with Crippen LogP contribution in [0.25, 0.3) is 11.5 Å². The summed E-state index contributed by atoms with van der Waals surface area (Å²) < 4.78 is 5.20. The van der Waals surface area contributed by atoms with Gasteiger partial charge in [-0.3, -0.25) is 0 Å². The molecule has 0 radical (unpaired) electrons. The molecule has 0 aliphatic heterocycles. The molecule has 0 unspecified atom stereocenters. The smallest absolute Gasteiger partial charge is 0.260 e. The predicted molar refractivity (Wildman–Crippen MR) is 75.6 cm³/mol. The van der Waals surface area contributed by atoms with Gasteiger partial charge in [-0.2, -0.15) is 16.7 Å². The number of rotatable bonds is 5. The summed E-state index contributed by atoms with van der Waals surface area (Å²) in [7, 11) is 0. The van der Waals surface area contributed by atoms with Gasteiger partial charge in [0.1, 0.15) is 0 Å². The maximum atomic E-state index is 5.93. The van der Waals surface area contributed by atoms with E-state index in [1.54, 1.807) is 30.0 Å². The molecule has 1 heterocycles. The Kier molecular flexibility index (Phi) is 4.49. The minimum absolute atomic E-state index is 0.419. The highest BCUT2D eigenvalue weighted by atomic mass is 35.5. The third-order valence-corrected chi connectivity index (χ3v) is 3.69. The molecule has 1 aromatic heterocycles. The van der Waals surface area contributed by atoms with Crippen molar-refractivity contribution < 1.29 is 4.52 Å². The van der Waals surface area contributed by atoms with Gasteiger partial charge < -0.3 is 10.3 Å². The highest BCUT2D eigenvalue weighted by Gasteiger charge is 2.12. The molecular weight excluding hydrogens is 270 g/mol. The molecule has 4 nitrogen and oxygen atoms in total. The maximum absolute atomic E-state index is 5.93. The third kappa shape index (κ3) is 3.17. The number of nitrogens with two attached hydrogens (primary N) is 1. The summed E-state index contributed by atoms with van der Waals surface area (Å²) in [5.41, 5.74) is 7.12. The van der Waals surface area contributed by atoms with Crippen molar-refractivity contribution in [1.29, 1.82) is 0 Å². The van der Waals surface area contributed by atoms with Gasteiger partial charge in [0.15, 0.2) is 5.82 Å². The Labute approximate surface area is 115 Å². The van der Waals surface area contributed by atoms with Gasteiger partial charge in [0.2, 0.25) is 0 Å². The monoisotopic (exact) mass is 283 g/mol. The van der Waals surface area contributed by atoms with Crippen molar-refractivity contribution in [2.24, 2.45) is 0 Å². The van der Waals surface area contributed by atoms with Crippen LogP contribution in [0.4, 0.5) is 5.69 Å². The number of nitrogen functional groups attached to an aromatic ring is 1. The van der Waals surface area contributed by atoms with Crippen LogP contribution >= 0.6 is 23.4 Å². The summed E-state index contributed by atoms with van der Waals surface area (Å²) in [4.78, 5) is 4.32. The molecule has 96 valence electrons. The first-order valence-corrected chi connectivity index (χ1v) is 7.19. The molecule has 0 aliphatic carbocycles. The molecule has 2 rings (SSSR count). The SMILES string of the molecule is CCCSCc1noc(-c2cc(Cl)ccc2N)n1. The molecule has 6 heteroatoms. The van der Waals surface area contributed by atoms with Crippen LogP contribution < -0.4 is 5.73 Å². The molecule has 0 saturated carbocycles. The lowest BCUT2D eigenvalue weighted by atomic mass is 10.2. The molecule has 18 heavy (non-hydrogen) atoms. The van der Waals surface area contributed by atoms with Gasteiger partial charge in [0, 0.05) is 10.7 Å². The first-order chi connectivity index (χ1) is 8.70. The lowest BCUT2D eigenvalue weighted by Gasteiger charge is -2.00. The minimum atomic E-state index is 0.419. The Hall–Kier alpha value is -1.20. The Morgan fingerprint density at radius 3 is 3.06 bits per heavy atom. The average molecular weight is 284 g/mol. The number of anilines is 1. The molecule has 0 bridgehead atoms. The lowest BCUT2D eigenvalue weighted by molar-refractivity contribution is 0.425. The van der Waals surface area contributed by atoms with E-state index in [4.69, 9.17) is 21.9 Å². The van der Waals surface area contributed by atoms with Crippen molar-refractivity contribution >= 4 is 29.1 Å². The number of aromatic nitrogens is 2. The molecule has 0 amide bonds. The van der Waals surface area contributed by atoms with Crippen LogP contribution in [-0.4, -0.2) is 15.9 Å². The van der Waals surface area contributed by atoms with Crippen molar-refractivity contribution in [3.63, 3.8) is 0 Å². The topological polar surface area (TPSA) is 64.9 Å². The lowest BCUT2D eigenvalue weighted by Crippen LogP contribution is -1.90. The standard InChI is InChI=1S/C12H14ClN3OS/c1-2-5-18-7-11-15-12(17-16-11)9-6-8(13)3-4-10(9)14/h3-4,6H,2,5,7,14H2,1H3. The second-order valence-electron chi connectivity index (χ2n) is 3.80. The normalized spacial score (nSPS) is 10.8. The van der Waals surface area contributed by atoms with E-state index in [0.29, 0.717) is 28.0 Å². The zero-order chi connectivity index (χ0) is 13.0. The van der Waals surface area contributed by atoms with Gasteiger partial charge in [0.05, 0.1) is 11.3 Å². The van der Waals surface area contributed by atoms with Crippen LogP contribution in [0.1, 0.15) is 19.2 Å². The Morgan fingerprint density at radius 2 is 2.28 bits per heavy atom.